The first-order chi connectivity index (χ1) is 5.54. The molecule has 2 N–H and O–H groups in total. The molecule has 0 saturated heterocycles. The number of hydrogen-bond acceptors (Lipinski definition) is 2. The average Bonchev–Trinajstić information content (AvgIpc) is 2.09. The van der Waals surface area contributed by atoms with Crippen molar-refractivity contribution < 1.29 is 74.2 Å². The summed E-state index contributed by atoms with van der Waals surface area (Å²) in [7, 11) is 0. The first-order valence-corrected chi connectivity index (χ1v) is 3.27. The van der Waals surface area contributed by atoms with Gasteiger partial charge in [-0.1, -0.05) is 27.7 Å². The van der Waals surface area contributed by atoms with Crippen molar-refractivity contribution in [2.24, 2.45) is 0 Å². The second-order valence-corrected chi connectivity index (χ2v) is 1.29. The Morgan fingerprint density at radius 2 is 1.00 bits per heavy atom. The Labute approximate surface area is 148 Å². The van der Waals surface area contributed by atoms with Crippen molar-refractivity contribution in [3.8, 4) is 0 Å². The number of carbonyl (C=O) groups is 2. The van der Waals surface area contributed by atoms with Gasteiger partial charge in [0.05, 0.1) is 0 Å². The Bertz CT molecular complexity index is 108. The van der Waals surface area contributed by atoms with Crippen molar-refractivity contribution in [1.82, 2.24) is 0 Å². The van der Waals surface area contributed by atoms with E-state index in [9.17, 15) is 9.59 Å². The van der Waals surface area contributed by atoms with E-state index in [4.69, 9.17) is 10.2 Å². The molecule has 0 fully saturated rings. The molecule has 0 heterocycles. The van der Waals surface area contributed by atoms with Crippen LogP contribution in [-0.4, -0.2) is 22.2 Å². The molecule has 4 nitrogen and oxygen atoms in total. The van der Waals surface area contributed by atoms with Gasteiger partial charge < -0.3 is 38.4 Å². The average molecular weight is 359 g/mol. The van der Waals surface area contributed by atoms with Crippen LogP contribution in [0.3, 0.4) is 0 Å². The Morgan fingerprint density at radius 3 is 1.00 bits per heavy atom. The third-order valence-electron chi connectivity index (χ3n) is 0.428. The van der Waals surface area contributed by atoms with Crippen molar-refractivity contribution in [3.05, 3.63) is 28.2 Å². The summed E-state index contributed by atoms with van der Waals surface area (Å²) in [6, 6.07) is 0. The number of aliphatic carboxylic acids is 2. The van der Waals surface area contributed by atoms with Crippen LogP contribution in [0.4, 0.5) is 0 Å². The first-order valence-electron chi connectivity index (χ1n) is 3.27. The van der Waals surface area contributed by atoms with Crippen molar-refractivity contribution in [3.63, 3.8) is 0 Å². The number of carboxylic acids is 2. The van der Waals surface area contributed by atoms with Gasteiger partial charge in [0, 0.05) is 32.7 Å². The minimum Gasteiger partial charge on any atom is -0.483 e. The van der Waals surface area contributed by atoms with Crippen LogP contribution >= 0.6 is 0 Å². The summed E-state index contributed by atoms with van der Waals surface area (Å²) in [5.74, 6) is -1.71. The SMILES string of the molecule is C.C.[CH2-]C.[CH2-]CC(=O)O.[CH2-]CC(=O)O.[CH3-].[Ti+3].[Y]. The predicted octanol–water partition coefficient (Wildman–Crippen LogP) is 3.15. The van der Waals surface area contributed by atoms with Gasteiger partial charge in [0.1, 0.15) is 0 Å². The van der Waals surface area contributed by atoms with E-state index in [1.54, 1.807) is 6.92 Å². The molecule has 0 aliphatic rings. The fraction of sp³-hybridized carbons (Fsp3) is 0.455. The molecule has 0 saturated carbocycles. The number of rotatable bonds is 2. The third kappa shape index (κ3) is 161. The van der Waals surface area contributed by atoms with E-state index in [-0.39, 0.29) is 89.5 Å². The second kappa shape index (κ2) is 54.3. The van der Waals surface area contributed by atoms with E-state index >= 15 is 0 Å². The van der Waals surface area contributed by atoms with Crippen LogP contribution < -0.4 is 0 Å². The van der Waals surface area contributed by atoms with E-state index in [0.717, 1.165) is 0 Å². The molecule has 0 atom stereocenters. The van der Waals surface area contributed by atoms with Gasteiger partial charge in [0.15, 0.2) is 0 Å². The van der Waals surface area contributed by atoms with Gasteiger partial charge in [-0.3, -0.25) is 9.59 Å². The molecule has 17 heavy (non-hydrogen) atoms. The van der Waals surface area contributed by atoms with Crippen LogP contribution in [0.2, 0.25) is 0 Å². The maximum Gasteiger partial charge on any atom is 3.00 e. The Morgan fingerprint density at radius 1 is 0.941 bits per heavy atom. The minimum absolute atomic E-state index is 0. The van der Waals surface area contributed by atoms with E-state index in [0.29, 0.717) is 0 Å². The zero-order valence-electron chi connectivity index (χ0n) is 9.32. The predicted molar refractivity (Wildman–Crippen MR) is 66.1 cm³/mol. The summed E-state index contributed by atoms with van der Waals surface area (Å²) in [5.41, 5.74) is 0. The van der Waals surface area contributed by atoms with E-state index < -0.39 is 11.9 Å². The van der Waals surface area contributed by atoms with Crippen molar-refractivity contribution in [2.75, 3.05) is 0 Å². The molecule has 0 unspecified atom stereocenters. The minimum atomic E-state index is -0.856. The van der Waals surface area contributed by atoms with Crippen molar-refractivity contribution in [1.29, 1.82) is 0 Å². The van der Waals surface area contributed by atoms with Gasteiger partial charge in [-0.15, -0.1) is 0 Å². The number of hydrogen-bond donors (Lipinski definition) is 2. The van der Waals surface area contributed by atoms with Crippen LogP contribution in [0.25, 0.3) is 0 Å². The zero-order valence-corrected chi connectivity index (χ0v) is 13.7. The van der Waals surface area contributed by atoms with E-state index in [1.165, 1.54) is 0 Å². The summed E-state index contributed by atoms with van der Waals surface area (Å²) in [6.07, 6.45) is -0.0556. The summed E-state index contributed by atoms with van der Waals surface area (Å²) in [5, 5.41) is 15.3. The molecular weight excluding hydrogens is 333 g/mol. The molecule has 6 heteroatoms. The fourth-order valence-electron chi connectivity index (χ4n) is 0. The summed E-state index contributed by atoms with van der Waals surface area (Å²) in [4.78, 5) is 18.6. The van der Waals surface area contributed by atoms with Gasteiger partial charge in [-0.2, -0.15) is 6.92 Å². The van der Waals surface area contributed by atoms with Gasteiger partial charge in [0.25, 0.3) is 11.9 Å². The monoisotopic (exact) mass is 359 g/mol. The van der Waals surface area contributed by atoms with Crippen molar-refractivity contribution in [2.45, 2.75) is 34.6 Å². The first kappa shape index (κ1) is 52.4. The quantitative estimate of drug-likeness (QED) is 0.587. The Kier molecular flexibility index (Phi) is 167. The maximum atomic E-state index is 9.31. The molecule has 102 valence electrons. The molecule has 0 aromatic carbocycles. The fourth-order valence-corrected chi connectivity index (χ4v) is 0. The molecule has 0 rings (SSSR count). The zero-order chi connectivity index (χ0) is 10.6. The Hall–Kier alpha value is 0.758. The molecule has 0 aliphatic heterocycles. The van der Waals surface area contributed by atoms with Gasteiger partial charge in [-0.05, 0) is 0 Å². The smallest absolute Gasteiger partial charge is 0.483 e. The topological polar surface area (TPSA) is 74.6 Å². The molecule has 0 aromatic rings. The van der Waals surface area contributed by atoms with E-state index in [1.807, 2.05) is 0 Å². The molecule has 0 spiro atoms. The van der Waals surface area contributed by atoms with Gasteiger partial charge in [-0.25, -0.2) is 0 Å². The molecule has 2 radical (unpaired) electrons. The van der Waals surface area contributed by atoms with E-state index in [2.05, 4.69) is 20.8 Å². The maximum absolute atomic E-state index is 9.31. The molecule has 0 amide bonds. The molecule has 0 bridgehead atoms. The summed E-state index contributed by atoms with van der Waals surface area (Å²) < 4.78 is 0. The second-order valence-electron chi connectivity index (χ2n) is 1.29. The number of carboxylic acid groups (broad SMARTS) is 2. The van der Waals surface area contributed by atoms with Crippen LogP contribution in [-0.2, 0) is 64.0 Å². The third-order valence-corrected chi connectivity index (χ3v) is 0.428. The van der Waals surface area contributed by atoms with Gasteiger partial charge in [0.2, 0.25) is 0 Å². The molecule has 0 aliphatic carbocycles. The van der Waals surface area contributed by atoms with Crippen LogP contribution in [0.15, 0.2) is 0 Å². The summed E-state index contributed by atoms with van der Waals surface area (Å²) in [6.45, 7) is 11.2. The van der Waals surface area contributed by atoms with Crippen LogP contribution in [0.1, 0.15) is 34.6 Å². The van der Waals surface area contributed by atoms with Crippen LogP contribution in [0.5, 0.6) is 0 Å². The standard InChI is InChI=1S/2C3H5O2.C2H5.2CH4.CH3.Ti.Y/c2*1-2-3(4)5;1-2;;;;;/h2*1-2H2,(H,4,5);1H2,2H3;2*1H4;1H3;;/q3*-1;;;-1;+3;. The largest absolute Gasteiger partial charge is 3.00 e. The normalized spacial score (nSPS) is 4.71. The van der Waals surface area contributed by atoms with Gasteiger partial charge >= 0.3 is 21.7 Å². The Balaban J connectivity index is -0.0000000110. The molecular formula is C11H26O4TiY-. The van der Waals surface area contributed by atoms with Crippen LogP contribution in [0, 0.1) is 28.2 Å². The molecule has 0 aromatic heterocycles. The summed E-state index contributed by atoms with van der Waals surface area (Å²) >= 11 is 0. The van der Waals surface area contributed by atoms with Crippen molar-refractivity contribution >= 4 is 11.9 Å².